The number of ether oxygens (including phenoxy) is 1. The highest BCUT2D eigenvalue weighted by molar-refractivity contribution is 6.03. The van der Waals surface area contributed by atoms with Gasteiger partial charge in [0.15, 0.2) is 0 Å². The van der Waals surface area contributed by atoms with Crippen LogP contribution in [-0.2, 0) is 22.4 Å². The Morgan fingerprint density at radius 3 is 2.61 bits per heavy atom. The van der Waals surface area contributed by atoms with Gasteiger partial charge in [0.2, 0.25) is 5.91 Å². The van der Waals surface area contributed by atoms with Gasteiger partial charge in [-0.25, -0.2) is 4.79 Å². The molecule has 2 saturated heterocycles. The lowest BCUT2D eigenvalue weighted by Gasteiger charge is -2.37. The van der Waals surface area contributed by atoms with E-state index in [0.717, 1.165) is 56.0 Å². The summed E-state index contributed by atoms with van der Waals surface area (Å²) in [7, 11) is 0. The molecule has 3 heterocycles. The predicted molar refractivity (Wildman–Crippen MR) is 137 cm³/mol. The van der Waals surface area contributed by atoms with E-state index >= 15 is 0 Å². The van der Waals surface area contributed by atoms with Gasteiger partial charge in [-0.3, -0.25) is 24.8 Å². The van der Waals surface area contributed by atoms with Crippen molar-refractivity contribution in [3.63, 3.8) is 0 Å². The first-order valence-corrected chi connectivity index (χ1v) is 12.6. The zero-order chi connectivity index (χ0) is 23.5. The maximum Gasteiger partial charge on any atom is 0.411 e. The zero-order valence-corrected chi connectivity index (χ0v) is 21.6. The standard InChI is InChI=1S/C27H34N4O3.ClH.H2O/c1-2-34-27(33)28-22-12-11-21-10-9-20-6-3-4-8-24(20)31(25(21)18-22)26(32)13-15-29-16-17-30-14-5-7-23(30)19-29;;/h3-4,6,8,11-12,18,23H,2,5,7,9-10,13-17,19H2,1H3,(H,28,33);1H;1H2/p-1. The van der Waals surface area contributed by atoms with Crippen LogP contribution in [0.1, 0.15) is 37.3 Å². The maximum atomic E-state index is 13.8. The molecule has 8 nitrogen and oxygen atoms in total. The molecule has 1 unspecified atom stereocenters. The number of anilines is 3. The average molecular weight is 516 g/mol. The van der Waals surface area contributed by atoms with Crippen LogP contribution in [-0.4, -0.2) is 72.6 Å². The number of nitrogens with one attached hydrogen (secondary N) is 1. The highest BCUT2D eigenvalue weighted by atomic mass is 35.5. The molecule has 1 atom stereocenters. The second-order valence-corrected chi connectivity index (χ2v) is 9.43. The van der Waals surface area contributed by atoms with Crippen molar-refractivity contribution in [2.75, 3.05) is 49.5 Å². The summed E-state index contributed by atoms with van der Waals surface area (Å²) in [4.78, 5) is 32.7. The minimum absolute atomic E-state index is 0. The quantitative estimate of drug-likeness (QED) is 0.620. The number of carbonyl (C=O) groups is 2. The Morgan fingerprint density at radius 1 is 1.03 bits per heavy atom. The lowest BCUT2D eigenvalue weighted by Crippen LogP contribution is -3.00. The van der Waals surface area contributed by atoms with Gasteiger partial charge in [0.25, 0.3) is 0 Å². The van der Waals surface area contributed by atoms with Crippen molar-refractivity contribution in [3.8, 4) is 0 Å². The Kier molecular flexibility index (Phi) is 9.73. The molecule has 3 N–H and O–H groups in total. The van der Waals surface area contributed by atoms with Crippen molar-refractivity contribution in [2.45, 2.75) is 45.1 Å². The van der Waals surface area contributed by atoms with Gasteiger partial charge in [-0.1, -0.05) is 24.3 Å². The third kappa shape index (κ3) is 6.00. The molecule has 2 aromatic carbocycles. The van der Waals surface area contributed by atoms with Crippen LogP contribution in [0.25, 0.3) is 0 Å². The highest BCUT2D eigenvalue weighted by Gasteiger charge is 2.31. The summed E-state index contributed by atoms with van der Waals surface area (Å²) < 4.78 is 5.04. The number of benzene rings is 2. The number of aryl methyl sites for hydroxylation is 2. The summed E-state index contributed by atoms with van der Waals surface area (Å²) >= 11 is 0. The van der Waals surface area contributed by atoms with Crippen molar-refractivity contribution in [3.05, 3.63) is 53.6 Å². The maximum absolute atomic E-state index is 13.8. The van der Waals surface area contributed by atoms with Gasteiger partial charge in [0, 0.05) is 44.3 Å². The van der Waals surface area contributed by atoms with Crippen LogP contribution in [0.15, 0.2) is 42.5 Å². The molecule has 0 spiro atoms. The minimum atomic E-state index is -0.486. The number of para-hydroxylation sites is 1. The molecular formula is C27H36ClN4O4-. The Morgan fingerprint density at radius 2 is 1.81 bits per heavy atom. The lowest BCUT2D eigenvalue weighted by molar-refractivity contribution is -0.118. The monoisotopic (exact) mass is 515 g/mol. The minimum Gasteiger partial charge on any atom is -1.00 e. The summed E-state index contributed by atoms with van der Waals surface area (Å²) in [5.41, 5.74) is 4.71. The van der Waals surface area contributed by atoms with E-state index in [9.17, 15) is 9.59 Å². The third-order valence-electron chi connectivity index (χ3n) is 7.31. The smallest absolute Gasteiger partial charge is 0.411 e. The number of nitrogens with zero attached hydrogens (tertiary/aromatic N) is 3. The number of amides is 2. The Labute approximate surface area is 219 Å². The molecule has 3 aliphatic heterocycles. The SMILES string of the molecule is CCOC(=O)Nc1ccc2c(c1)N(C(=O)CCN1CCN3CCCC3C1)c1ccccc1CC2.O.[Cl-]. The van der Waals surface area contributed by atoms with E-state index in [-0.39, 0.29) is 23.8 Å². The molecule has 0 saturated carbocycles. The number of halogens is 1. The molecule has 2 fully saturated rings. The first kappa shape index (κ1) is 27.9. The summed E-state index contributed by atoms with van der Waals surface area (Å²) in [5.74, 6) is 0.0951. The summed E-state index contributed by atoms with van der Waals surface area (Å²) in [6.45, 7) is 7.29. The topological polar surface area (TPSA) is 96.6 Å². The van der Waals surface area contributed by atoms with Crippen LogP contribution in [0.5, 0.6) is 0 Å². The van der Waals surface area contributed by atoms with Crippen LogP contribution in [0.4, 0.5) is 21.9 Å². The van der Waals surface area contributed by atoms with Gasteiger partial charge < -0.3 is 22.6 Å². The molecule has 0 bridgehead atoms. The van der Waals surface area contributed by atoms with E-state index in [2.05, 4.69) is 21.2 Å². The number of fused-ring (bicyclic) bond motifs is 3. The molecule has 0 aromatic heterocycles. The fourth-order valence-electron chi connectivity index (χ4n) is 5.58. The van der Waals surface area contributed by atoms with E-state index in [1.807, 2.05) is 41.3 Å². The largest absolute Gasteiger partial charge is 1.00 e. The average Bonchev–Trinajstić information content (AvgIpc) is 3.24. The number of carbonyl (C=O) groups excluding carboxylic acids is 2. The summed E-state index contributed by atoms with van der Waals surface area (Å²) in [6, 6.07) is 14.6. The number of rotatable bonds is 5. The Hall–Kier alpha value is -2.65. The molecule has 2 amide bonds. The fourth-order valence-corrected chi connectivity index (χ4v) is 5.58. The van der Waals surface area contributed by atoms with Crippen LogP contribution < -0.4 is 22.6 Å². The third-order valence-corrected chi connectivity index (χ3v) is 7.31. The first-order valence-electron chi connectivity index (χ1n) is 12.6. The predicted octanol–water partition coefficient (Wildman–Crippen LogP) is 0.368. The molecule has 2 aromatic rings. The van der Waals surface area contributed by atoms with Gasteiger partial charge in [-0.05, 0) is 68.5 Å². The van der Waals surface area contributed by atoms with Gasteiger partial charge in [0.1, 0.15) is 0 Å². The summed E-state index contributed by atoms with van der Waals surface area (Å²) in [6.07, 6.45) is 4.27. The highest BCUT2D eigenvalue weighted by Crippen LogP contribution is 2.38. The molecule has 9 heteroatoms. The van der Waals surface area contributed by atoms with Crippen molar-refractivity contribution in [1.82, 2.24) is 9.80 Å². The normalized spacial score (nSPS) is 19.0. The van der Waals surface area contributed by atoms with Crippen molar-refractivity contribution in [2.24, 2.45) is 0 Å². The molecule has 3 aliphatic rings. The van der Waals surface area contributed by atoms with E-state index in [1.165, 1.54) is 24.9 Å². The molecule has 5 rings (SSSR count). The molecule has 0 aliphatic carbocycles. The second-order valence-electron chi connectivity index (χ2n) is 9.43. The number of hydrogen-bond acceptors (Lipinski definition) is 5. The molecule has 36 heavy (non-hydrogen) atoms. The van der Waals surface area contributed by atoms with Crippen LogP contribution in [0, 0.1) is 0 Å². The van der Waals surface area contributed by atoms with E-state index in [4.69, 9.17) is 4.74 Å². The van der Waals surface area contributed by atoms with E-state index < -0.39 is 6.09 Å². The number of piperazine rings is 1. The van der Waals surface area contributed by atoms with Crippen molar-refractivity contribution in [1.29, 1.82) is 0 Å². The molecular weight excluding hydrogens is 480 g/mol. The fraction of sp³-hybridized carbons (Fsp3) is 0.481. The van der Waals surface area contributed by atoms with Crippen LogP contribution in [0.3, 0.4) is 0 Å². The zero-order valence-electron chi connectivity index (χ0n) is 20.8. The number of hydrogen-bond donors (Lipinski definition) is 1. The Balaban J connectivity index is 0.00000180. The molecule has 0 radical (unpaired) electrons. The van der Waals surface area contributed by atoms with Crippen LogP contribution in [0.2, 0.25) is 0 Å². The molecule has 196 valence electrons. The summed E-state index contributed by atoms with van der Waals surface area (Å²) in [5, 5.41) is 2.79. The Bertz CT molecular complexity index is 1070. The lowest BCUT2D eigenvalue weighted by atomic mass is 10.0. The van der Waals surface area contributed by atoms with Gasteiger partial charge >= 0.3 is 6.09 Å². The first-order chi connectivity index (χ1) is 16.6. The van der Waals surface area contributed by atoms with Crippen LogP contribution >= 0.6 is 0 Å². The van der Waals surface area contributed by atoms with E-state index in [1.54, 1.807) is 6.92 Å². The van der Waals surface area contributed by atoms with Gasteiger partial charge in [-0.15, -0.1) is 0 Å². The van der Waals surface area contributed by atoms with Gasteiger partial charge in [0.05, 0.1) is 18.0 Å². The van der Waals surface area contributed by atoms with Crippen molar-refractivity contribution < 1.29 is 32.2 Å². The van der Waals surface area contributed by atoms with Crippen molar-refractivity contribution >= 4 is 29.1 Å². The van der Waals surface area contributed by atoms with E-state index in [0.29, 0.717) is 24.8 Å². The second kappa shape index (κ2) is 12.5. The van der Waals surface area contributed by atoms with Gasteiger partial charge in [-0.2, -0.15) is 0 Å².